The SMILES string of the molecule is CCCNC(C)c1cc(Br)ccc1Sc1nc(C)cs1. The van der Waals surface area contributed by atoms with Crippen LogP contribution in [0.5, 0.6) is 0 Å². The molecule has 0 fully saturated rings. The van der Waals surface area contributed by atoms with Gasteiger partial charge in [0.25, 0.3) is 0 Å². The Kier molecular flexibility index (Phi) is 6.08. The summed E-state index contributed by atoms with van der Waals surface area (Å²) in [5.74, 6) is 0. The van der Waals surface area contributed by atoms with Crippen LogP contribution in [0.15, 0.2) is 37.3 Å². The van der Waals surface area contributed by atoms with Crippen LogP contribution in [0, 0.1) is 6.92 Å². The van der Waals surface area contributed by atoms with Gasteiger partial charge in [0.05, 0.1) is 0 Å². The summed E-state index contributed by atoms with van der Waals surface area (Å²) in [6, 6.07) is 6.82. The molecule has 0 amide bonds. The lowest BCUT2D eigenvalue weighted by Gasteiger charge is -2.17. The maximum absolute atomic E-state index is 4.54. The number of nitrogens with zero attached hydrogens (tertiary/aromatic N) is 1. The van der Waals surface area contributed by atoms with Crippen molar-refractivity contribution in [2.45, 2.75) is 42.5 Å². The van der Waals surface area contributed by atoms with E-state index in [4.69, 9.17) is 0 Å². The average Bonchev–Trinajstić information content (AvgIpc) is 2.83. The van der Waals surface area contributed by atoms with E-state index in [2.05, 4.69) is 63.7 Å². The molecule has 2 nitrogen and oxygen atoms in total. The Balaban J connectivity index is 2.23. The summed E-state index contributed by atoms with van der Waals surface area (Å²) in [6.45, 7) is 7.48. The maximum Gasteiger partial charge on any atom is 0.154 e. The quantitative estimate of drug-likeness (QED) is 0.733. The van der Waals surface area contributed by atoms with Crippen LogP contribution in [0.2, 0.25) is 0 Å². The van der Waals surface area contributed by atoms with Gasteiger partial charge in [-0.25, -0.2) is 4.98 Å². The van der Waals surface area contributed by atoms with E-state index < -0.39 is 0 Å². The Hall–Kier alpha value is -0.360. The van der Waals surface area contributed by atoms with Gasteiger partial charge >= 0.3 is 0 Å². The molecule has 0 aliphatic rings. The minimum Gasteiger partial charge on any atom is -0.310 e. The van der Waals surface area contributed by atoms with E-state index in [1.807, 2.05) is 6.92 Å². The molecule has 0 aliphatic heterocycles. The molecule has 0 bridgehead atoms. The highest BCUT2D eigenvalue weighted by atomic mass is 79.9. The van der Waals surface area contributed by atoms with Gasteiger partial charge in [0.15, 0.2) is 4.34 Å². The minimum absolute atomic E-state index is 0.344. The van der Waals surface area contributed by atoms with Gasteiger partial charge in [-0.2, -0.15) is 0 Å². The monoisotopic (exact) mass is 370 g/mol. The lowest BCUT2D eigenvalue weighted by Crippen LogP contribution is -2.19. The predicted octanol–water partition coefficient (Wildman–Crippen LogP) is 5.43. The van der Waals surface area contributed by atoms with E-state index in [1.165, 1.54) is 10.5 Å². The van der Waals surface area contributed by atoms with E-state index in [-0.39, 0.29) is 0 Å². The number of thiazole rings is 1. The zero-order valence-electron chi connectivity index (χ0n) is 11.9. The van der Waals surface area contributed by atoms with Crippen molar-refractivity contribution in [3.8, 4) is 0 Å². The molecule has 0 saturated heterocycles. The van der Waals surface area contributed by atoms with Crippen LogP contribution in [0.1, 0.15) is 37.6 Å². The number of aryl methyl sites for hydroxylation is 1. The number of hydrogen-bond donors (Lipinski definition) is 1. The van der Waals surface area contributed by atoms with Gasteiger partial charge in [0, 0.05) is 26.5 Å². The van der Waals surface area contributed by atoms with Crippen LogP contribution in [0.25, 0.3) is 0 Å². The molecule has 1 N–H and O–H groups in total. The summed E-state index contributed by atoms with van der Waals surface area (Å²) in [5, 5.41) is 5.65. The number of nitrogens with one attached hydrogen (secondary N) is 1. The third kappa shape index (κ3) is 4.32. The van der Waals surface area contributed by atoms with Crippen molar-refractivity contribution in [1.29, 1.82) is 0 Å². The van der Waals surface area contributed by atoms with Crippen LogP contribution >= 0.6 is 39.0 Å². The zero-order valence-corrected chi connectivity index (χ0v) is 15.2. The van der Waals surface area contributed by atoms with E-state index in [0.29, 0.717) is 6.04 Å². The highest BCUT2D eigenvalue weighted by Crippen LogP contribution is 2.36. The van der Waals surface area contributed by atoms with Gasteiger partial charge in [-0.05, 0) is 50.6 Å². The fourth-order valence-corrected chi connectivity index (χ4v) is 4.27. The summed E-state index contributed by atoms with van der Waals surface area (Å²) in [7, 11) is 0. The minimum atomic E-state index is 0.344. The molecule has 2 aromatic rings. The first-order chi connectivity index (χ1) is 9.60. The fraction of sp³-hybridized carbons (Fsp3) is 0.400. The van der Waals surface area contributed by atoms with Gasteiger partial charge in [0.1, 0.15) is 0 Å². The van der Waals surface area contributed by atoms with Crippen molar-refractivity contribution in [2.24, 2.45) is 0 Å². The molecule has 0 radical (unpaired) electrons. The maximum atomic E-state index is 4.54. The molecular formula is C15H19BrN2S2. The predicted molar refractivity (Wildman–Crippen MR) is 91.8 cm³/mol. The number of rotatable bonds is 6. The summed E-state index contributed by atoms with van der Waals surface area (Å²) in [6.07, 6.45) is 1.15. The lowest BCUT2D eigenvalue weighted by atomic mass is 10.1. The standard InChI is InChI=1S/C15H19BrN2S2/c1-4-7-17-11(3)13-8-12(16)5-6-14(13)20-15-18-10(2)9-19-15/h5-6,8-9,11,17H,4,7H2,1-3H3. The van der Waals surface area contributed by atoms with Crippen LogP contribution in [0.3, 0.4) is 0 Å². The first-order valence-corrected chi connectivity index (χ1v) is 9.22. The van der Waals surface area contributed by atoms with Crippen molar-refractivity contribution in [3.63, 3.8) is 0 Å². The molecule has 1 aromatic heterocycles. The van der Waals surface area contributed by atoms with E-state index in [1.54, 1.807) is 23.1 Å². The molecule has 108 valence electrons. The van der Waals surface area contributed by atoms with Gasteiger partial charge in [-0.3, -0.25) is 0 Å². The van der Waals surface area contributed by atoms with Crippen molar-refractivity contribution in [1.82, 2.24) is 10.3 Å². The number of aromatic nitrogens is 1. The molecule has 20 heavy (non-hydrogen) atoms. The molecular weight excluding hydrogens is 352 g/mol. The van der Waals surface area contributed by atoms with E-state index in [9.17, 15) is 0 Å². The molecule has 1 aromatic carbocycles. The number of benzene rings is 1. The van der Waals surface area contributed by atoms with Gasteiger partial charge < -0.3 is 5.32 Å². The van der Waals surface area contributed by atoms with Gasteiger partial charge in [0.2, 0.25) is 0 Å². The van der Waals surface area contributed by atoms with Gasteiger partial charge in [-0.1, -0.05) is 34.6 Å². The number of halogens is 1. The smallest absolute Gasteiger partial charge is 0.154 e. The Morgan fingerprint density at radius 2 is 2.25 bits per heavy atom. The van der Waals surface area contributed by atoms with Crippen molar-refractivity contribution in [2.75, 3.05) is 6.54 Å². The molecule has 0 saturated carbocycles. The van der Waals surface area contributed by atoms with Crippen molar-refractivity contribution < 1.29 is 0 Å². The second-order valence-electron chi connectivity index (χ2n) is 4.71. The highest BCUT2D eigenvalue weighted by Gasteiger charge is 2.13. The molecule has 1 atom stereocenters. The molecule has 0 aliphatic carbocycles. The van der Waals surface area contributed by atoms with E-state index in [0.717, 1.165) is 27.5 Å². The average molecular weight is 371 g/mol. The Bertz CT molecular complexity index is 569. The third-order valence-electron chi connectivity index (χ3n) is 2.93. The lowest BCUT2D eigenvalue weighted by molar-refractivity contribution is 0.563. The second-order valence-corrected chi connectivity index (χ2v) is 7.78. The van der Waals surface area contributed by atoms with Crippen LogP contribution in [-0.4, -0.2) is 11.5 Å². The van der Waals surface area contributed by atoms with Crippen molar-refractivity contribution in [3.05, 3.63) is 39.3 Å². The first kappa shape index (κ1) is 16.0. The van der Waals surface area contributed by atoms with Crippen LogP contribution in [0.4, 0.5) is 0 Å². The summed E-state index contributed by atoms with van der Waals surface area (Å²) in [4.78, 5) is 5.82. The molecule has 1 heterocycles. The zero-order chi connectivity index (χ0) is 14.5. The topological polar surface area (TPSA) is 24.9 Å². The molecule has 1 unspecified atom stereocenters. The summed E-state index contributed by atoms with van der Waals surface area (Å²) in [5.41, 5.74) is 2.42. The van der Waals surface area contributed by atoms with Crippen molar-refractivity contribution >= 4 is 39.0 Å². The molecule has 5 heteroatoms. The Morgan fingerprint density at radius 1 is 1.45 bits per heavy atom. The van der Waals surface area contributed by atoms with E-state index >= 15 is 0 Å². The largest absolute Gasteiger partial charge is 0.310 e. The Morgan fingerprint density at radius 3 is 2.90 bits per heavy atom. The number of hydrogen-bond acceptors (Lipinski definition) is 4. The third-order valence-corrected chi connectivity index (χ3v) is 5.58. The highest BCUT2D eigenvalue weighted by molar-refractivity contribution is 9.10. The van der Waals surface area contributed by atoms with Crippen LogP contribution in [-0.2, 0) is 0 Å². The second kappa shape index (κ2) is 7.59. The fourth-order valence-electron chi connectivity index (χ4n) is 1.89. The first-order valence-electron chi connectivity index (χ1n) is 6.73. The summed E-state index contributed by atoms with van der Waals surface area (Å²) >= 11 is 7.03. The molecule has 0 spiro atoms. The van der Waals surface area contributed by atoms with Crippen LogP contribution < -0.4 is 5.32 Å². The van der Waals surface area contributed by atoms with Gasteiger partial charge in [-0.15, -0.1) is 11.3 Å². The Labute approximate surface area is 137 Å². The molecule has 2 rings (SSSR count). The normalized spacial score (nSPS) is 12.6. The summed E-state index contributed by atoms with van der Waals surface area (Å²) < 4.78 is 2.23.